The first-order chi connectivity index (χ1) is 11.5. The first-order valence-corrected chi connectivity index (χ1v) is 7.91. The first-order valence-electron chi connectivity index (χ1n) is 7.91. The molecule has 24 heavy (non-hydrogen) atoms. The lowest BCUT2D eigenvalue weighted by molar-refractivity contribution is -0.128. The fraction of sp³-hybridized carbons (Fsp3) is 0.263. The number of hydrogen-bond donors (Lipinski definition) is 2. The number of anilines is 1. The van der Waals surface area contributed by atoms with E-state index in [9.17, 15) is 9.59 Å². The minimum atomic E-state index is -0.670. The van der Waals surface area contributed by atoms with E-state index < -0.39 is 12.1 Å². The van der Waals surface area contributed by atoms with Gasteiger partial charge in [0.15, 0.2) is 0 Å². The molecule has 0 heterocycles. The summed E-state index contributed by atoms with van der Waals surface area (Å²) in [5.74, 6) is -0.523. The van der Waals surface area contributed by atoms with Crippen molar-refractivity contribution >= 4 is 17.5 Å². The monoisotopic (exact) mass is 325 g/mol. The molecule has 2 amide bonds. The molecule has 0 radical (unpaired) electrons. The third kappa shape index (κ3) is 4.67. The molecule has 2 aromatic carbocycles. The third-order valence-corrected chi connectivity index (χ3v) is 3.78. The number of benzene rings is 2. The number of carbonyl (C=O) groups excluding carboxylic acids is 2. The highest BCUT2D eigenvalue weighted by Crippen LogP contribution is 2.14. The van der Waals surface area contributed by atoms with E-state index in [0.717, 1.165) is 11.3 Å². The minimum absolute atomic E-state index is 0.181. The lowest BCUT2D eigenvalue weighted by Crippen LogP contribution is -2.52. The summed E-state index contributed by atoms with van der Waals surface area (Å²) < 4.78 is 0. The van der Waals surface area contributed by atoms with Gasteiger partial charge in [-0.3, -0.25) is 9.59 Å². The highest BCUT2D eigenvalue weighted by molar-refractivity contribution is 5.99. The minimum Gasteiger partial charge on any atom is -0.343 e. The van der Waals surface area contributed by atoms with Crippen molar-refractivity contribution in [2.45, 2.75) is 25.4 Å². The second-order valence-electron chi connectivity index (χ2n) is 5.77. The topological polar surface area (TPSA) is 75.4 Å². The van der Waals surface area contributed by atoms with Gasteiger partial charge in [-0.25, -0.2) is 0 Å². The number of rotatable bonds is 6. The lowest BCUT2D eigenvalue weighted by Gasteiger charge is -2.25. The van der Waals surface area contributed by atoms with Gasteiger partial charge in [0.2, 0.25) is 11.8 Å². The molecule has 2 rings (SSSR count). The zero-order chi connectivity index (χ0) is 17.5. The van der Waals surface area contributed by atoms with Crippen LogP contribution in [0.1, 0.15) is 12.5 Å². The Labute approximate surface area is 142 Å². The lowest BCUT2D eigenvalue weighted by atomic mass is 10.0. The van der Waals surface area contributed by atoms with Gasteiger partial charge in [0, 0.05) is 19.2 Å². The fourth-order valence-corrected chi connectivity index (χ4v) is 2.37. The molecule has 0 aliphatic heterocycles. The molecule has 0 aromatic heterocycles. The highest BCUT2D eigenvalue weighted by Gasteiger charge is 2.26. The third-order valence-electron chi connectivity index (χ3n) is 3.78. The van der Waals surface area contributed by atoms with Crippen LogP contribution in [0.2, 0.25) is 0 Å². The maximum absolute atomic E-state index is 12.9. The molecule has 0 unspecified atom stereocenters. The molecule has 0 spiro atoms. The Balaban J connectivity index is 2.20. The molecule has 5 nitrogen and oxygen atoms in total. The molecule has 2 atom stereocenters. The molecule has 0 fully saturated rings. The van der Waals surface area contributed by atoms with Gasteiger partial charge in [0.05, 0.1) is 6.04 Å². The molecule has 5 heteroatoms. The van der Waals surface area contributed by atoms with E-state index in [-0.39, 0.29) is 11.8 Å². The van der Waals surface area contributed by atoms with E-state index in [1.807, 2.05) is 60.7 Å². The van der Waals surface area contributed by atoms with Crippen molar-refractivity contribution in [3.63, 3.8) is 0 Å². The summed E-state index contributed by atoms with van der Waals surface area (Å²) in [7, 11) is 1.70. The van der Waals surface area contributed by atoms with Crippen LogP contribution in [0.15, 0.2) is 60.7 Å². The number of hydrogen-bond acceptors (Lipinski definition) is 3. The van der Waals surface area contributed by atoms with Crippen molar-refractivity contribution in [3.8, 4) is 0 Å². The Hall–Kier alpha value is -2.66. The second kappa shape index (κ2) is 8.26. The fourth-order valence-electron chi connectivity index (χ4n) is 2.37. The first kappa shape index (κ1) is 17.7. The van der Waals surface area contributed by atoms with E-state index in [1.165, 1.54) is 0 Å². The zero-order valence-corrected chi connectivity index (χ0v) is 14.0. The van der Waals surface area contributed by atoms with Gasteiger partial charge in [-0.2, -0.15) is 0 Å². The summed E-state index contributed by atoms with van der Waals surface area (Å²) in [5.41, 5.74) is 7.38. The Bertz CT molecular complexity index is 672. The summed E-state index contributed by atoms with van der Waals surface area (Å²) in [6.45, 7) is 1.60. The molecule has 0 saturated heterocycles. The van der Waals surface area contributed by atoms with Crippen molar-refractivity contribution in [2.75, 3.05) is 11.9 Å². The van der Waals surface area contributed by atoms with Crippen LogP contribution in [0.4, 0.5) is 5.69 Å². The predicted molar refractivity (Wildman–Crippen MR) is 95.6 cm³/mol. The Morgan fingerprint density at radius 2 is 1.58 bits per heavy atom. The molecule has 0 saturated carbocycles. The normalized spacial score (nSPS) is 13.0. The SMILES string of the molecule is C[C@H](N)C(=O)N[C@@H](Cc1ccccc1)C(=O)N(C)c1ccccc1. The van der Waals surface area contributed by atoms with Gasteiger partial charge in [-0.1, -0.05) is 48.5 Å². The predicted octanol–water partition coefficient (Wildman–Crippen LogP) is 1.72. The molecule has 0 bridgehead atoms. The van der Waals surface area contributed by atoms with Gasteiger partial charge in [0.1, 0.15) is 6.04 Å². The summed E-state index contributed by atoms with van der Waals surface area (Å²) >= 11 is 0. The van der Waals surface area contributed by atoms with Crippen LogP contribution in [0.3, 0.4) is 0 Å². The number of nitrogens with one attached hydrogen (secondary N) is 1. The van der Waals surface area contributed by atoms with Gasteiger partial charge in [0.25, 0.3) is 0 Å². The van der Waals surface area contributed by atoms with E-state index in [1.54, 1.807) is 18.9 Å². The molecule has 2 aromatic rings. The number of para-hydroxylation sites is 1. The van der Waals surface area contributed by atoms with E-state index >= 15 is 0 Å². The summed E-state index contributed by atoms with van der Waals surface area (Å²) in [6.07, 6.45) is 0.412. The molecular formula is C19H23N3O2. The van der Waals surface area contributed by atoms with Crippen LogP contribution in [-0.4, -0.2) is 30.9 Å². The van der Waals surface area contributed by atoms with Gasteiger partial charge >= 0.3 is 0 Å². The van der Waals surface area contributed by atoms with Crippen molar-refractivity contribution in [2.24, 2.45) is 5.73 Å². The van der Waals surface area contributed by atoms with Gasteiger partial charge in [-0.05, 0) is 24.6 Å². The van der Waals surface area contributed by atoms with Crippen LogP contribution in [0, 0.1) is 0 Å². The zero-order valence-electron chi connectivity index (χ0n) is 14.0. The van der Waals surface area contributed by atoms with Crippen molar-refractivity contribution < 1.29 is 9.59 Å². The van der Waals surface area contributed by atoms with Crippen LogP contribution < -0.4 is 16.0 Å². The maximum Gasteiger partial charge on any atom is 0.249 e. The summed E-state index contributed by atoms with van der Waals surface area (Å²) in [6, 6.07) is 17.6. The van der Waals surface area contributed by atoms with Crippen LogP contribution in [0.25, 0.3) is 0 Å². The largest absolute Gasteiger partial charge is 0.343 e. The molecular weight excluding hydrogens is 302 g/mol. The number of likely N-dealkylation sites (N-methyl/N-ethyl adjacent to an activating group) is 1. The molecule has 3 N–H and O–H groups in total. The summed E-state index contributed by atoms with van der Waals surface area (Å²) in [5, 5.41) is 2.76. The van der Waals surface area contributed by atoms with E-state index in [2.05, 4.69) is 5.32 Å². The molecule has 0 aliphatic carbocycles. The smallest absolute Gasteiger partial charge is 0.249 e. The van der Waals surface area contributed by atoms with Crippen molar-refractivity contribution in [1.29, 1.82) is 0 Å². The standard InChI is InChI=1S/C19H23N3O2/c1-14(20)18(23)21-17(13-15-9-5-3-6-10-15)19(24)22(2)16-11-7-4-8-12-16/h3-12,14,17H,13,20H2,1-2H3,(H,21,23)/t14-,17-/m0/s1. The second-order valence-corrected chi connectivity index (χ2v) is 5.77. The van der Waals surface area contributed by atoms with E-state index in [0.29, 0.717) is 6.42 Å². The quantitative estimate of drug-likeness (QED) is 0.849. The van der Waals surface area contributed by atoms with Crippen LogP contribution in [-0.2, 0) is 16.0 Å². The number of amides is 2. The van der Waals surface area contributed by atoms with E-state index in [4.69, 9.17) is 5.73 Å². The van der Waals surface area contributed by atoms with Crippen molar-refractivity contribution in [3.05, 3.63) is 66.2 Å². The van der Waals surface area contributed by atoms with Gasteiger partial charge < -0.3 is 16.0 Å². The van der Waals surface area contributed by atoms with Crippen LogP contribution in [0.5, 0.6) is 0 Å². The molecule has 0 aliphatic rings. The number of nitrogens with zero attached hydrogens (tertiary/aromatic N) is 1. The van der Waals surface area contributed by atoms with Crippen molar-refractivity contribution in [1.82, 2.24) is 5.32 Å². The average molecular weight is 325 g/mol. The maximum atomic E-state index is 12.9. The molecule has 126 valence electrons. The Morgan fingerprint density at radius 1 is 1.04 bits per heavy atom. The average Bonchev–Trinajstić information content (AvgIpc) is 2.61. The number of nitrogens with two attached hydrogens (primary N) is 1. The summed E-state index contributed by atoms with van der Waals surface area (Å²) in [4.78, 5) is 26.4. The van der Waals surface area contributed by atoms with Gasteiger partial charge in [-0.15, -0.1) is 0 Å². The Morgan fingerprint density at radius 3 is 2.12 bits per heavy atom. The number of carbonyl (C=O) groups is 2. The van der Waals surface area contributed by atoms with Crippen LogP contribution >= 0.6 is 0 Å². The highest BCUT2D eigenvalue weighted by atomic mass is 16.2. The Kier molecular flexibility index (Phi) is 6.09.